The monoisotopic (exact) mass is 298 g/mol. The maximum absolute atomic E-state index is 11.6. The molecule has 0 radical (unpaired) electrons. The van der Waals surface area contributed by atoms with Crippen LogP contribution in [-0.2, 0) is 14.3 Å². The van der Waals surface area contributed by atoms with Crippen LogP contribution in [0.3, 0.4) is 0 Å². The zero-order chi connectivity index (χ0) is 15.1. The molecule has 1 N–H and O–H groups in total. The molecule has 0 heterocycles. The van der Waals surface area contributed by atoms with Gasteiger partial charge in [-0.3, -0.25) is 9.59 Å². The van der Waals surface area contributed by atoms with Crippen LogP contribution in [0.25, 0.3) is 0 Å². The van der Waals surface area contributed by atoms with Crippen molar-refractivity contribution < 1.29 is 19.1 Å². The molecule has 20 heavy (non-hydrogen) atoms. The van der Waals surface area contributed by atoms with Crippen LogP contribution >= 0.6 is 11.6 Å². The molecular formula is C13H15ClN2O4. The van der Waals surface area contributed by atoms with Gasteiger partial charge in [-0.2, -0.15) is 0 Å². The Hall–Kier alpha value is -2.08. The van der Waals surface area contributed by atoms with E-state index in [-0.39, 0.29) is 12.5 Å². The lowest BCUT2D eigenvalue weighted by Crippen LogP contribution is -2.39. The fraction of sp³-hybridized carbons (Fsp3) is 0.308. The number of benzene rings is 1. The van der Waals surface area contributed by atoms with E-state index in [1.807, 2.05) is 0 Å². The lowest BCUT2D eigenvalue weighted by molar-refractivity contribution is -0.137. The highest BCUT2D eigenvalue weighted by Crippen LogP contribution is 2.10. The van der Waals surface area contributed by atoms with E-state index in [1.54, 1.807) is 12.1 Å². The SMILES string of the molecule is CNC(=O)CN(C)C(=O)COC(=O)c1ccc(Cl)cc1. The molecular weight excluding hydrogens is 284 g/mol. The molecule has 0 saturated heterocycles. The molecule has 1 aromatic rings. The van der Waals surface area contributed by atoms with Crippen LogP contribution in [0.4, 0.5) is 0 Å². The first kappa shape index (κ1) is 16.0. The number of likely N-dealkylation sites (N-methyl/N-ethyl adjacent to an activating group) is 2. The van der Waals surface area contributed by atoms with E-state index in [0.717, 1.165) is 0 Å². The second-order valence-corrected chi connectivity index (χ2v) is 4.44. The first-order valence-corrected chi connectivity index (χ1v) is 6.19. The van der Waals surface area contributed by atoms with Gasteiger partial charge in [-0.1, -0.05) is 11.6 Å². The highest BCUT2D eigenvalue weighted by Gasteiger charge is 2.15. The van der Waals surface area contributed by atoms with Crippen molar-refractivity contribution in [3.63, 3.8) is 0 Å². The van der Waals surface area contributed by atoms with Gasteiger partial charge < -0.3 is 15.0 Å². The van der Waals surface area contributed by atoms with E-state index in [4.69, 9.17) is 16.3 Å². The third-order valence-corrected chi connectivity index (χ3v) is 2.74. The third kappa shape index (κ3) is 4.89. The summed E-state index contributed by atoms with van der Waals surface area (Å²) in [6, 6.07) is 6.11. The Morgan fingerprint density at radius 3 is 2.40 bits per heavy atom. The van der Waals surface area contributed by atoms with Crippen LogP contribution in [-0.4, -0.2) is 49.9 Å². The van der Waals surface area contributed by atoms with Crippen molar-refractivity contribution >= 4 is 29.4 Å². The summed E-state index contributed by atoms with van der Waals surface area (Å²) in [4.78, 5) is 35.5. The Morgan fingerprint density at radius 1 is 1.25 bits per heavy atom. The molecule has 0 fully saturated rings. The average Bonchev–Trinajstić information content (AvgIpc) is 2.44. The number of halogens is 1. The first-order valence-electron chi connectivity index (χ1n) is 5.81. The lowest BCUT2D eigenvalue weighted by atomic mass is 10.2. The predicted octanol–water partition coefficient (Wildman–Crippen LogP) is 0.701. The van der Waals surface area contributed by atoms with Gasteiger partial charge in [-0.25, -0.2) is 4.79 Å². The fourth-order valence-corrected chi connectivity index (χ4v) is 1.42. The summed E-state index contributed by atoms with van der Waals surface area (Å²) in [6.45, 7) is -0.511. The summed E-state index contributed by atoms with van der Waals surface area (Å²) in [5.41, 5.74) is 0.302. The van der Waals surface area contributed by atoms with Crippen LogP contribution in [0, 0.1) is 0 Å². The molecule has 0 bridgehead atoms. The second-order valence-electron chi connectivity index (χ2n) is 4.01. The van der Waals surface area contributed by atoms with E-state index in [2.05, 4.69) is 5.32 Å². The van der Waals surface area contributed by atoms with E-state index in [0.29, 0.717) is 10.6 Å². The lowest BCUT2D eigenvalue weighted by Gasteiger charge is -2.15. The standard InChI is InChI=1S/C13H15ClN2O4/c1-15-11(17)7-16(2)12(18)8-20-13(19)9-3-5-10(14)6-4-9/h3-6H,7-8H2,1-2H3,(H,15,17). The molecule has 1 rings (SSSR count). The van der Waals surface area contributed by atoms with E-state index in [1.165, 1.54) is 31.1 Å². The van der Waals surface area contributed by atoms with Crippen LogP contribution < -0.4 is 5.32 Å². The number of nitrogens with zero attached hydrogens (tertiary/aromatic N) is 1. The van der Waals surface area contributed by atoms with Gasteiger partial charge >= 0.3 is 5.97 Å². The van der Waals surface area contributed by atoms with Gasteiger partial charge in [0.05, 0.1) is 12.1 Å². The molecule has 2 amide bonds. The first-order chi connectivity index (χ1) is 9.43. The van der Waals surface area contributed by atoms with Gasteiger partial charge in [0.1, 0.15) is 0 Å². The molecule has 7 heteroatoms. The molecule has 0 aliphatic rings. The van der Waals surface area contributed by atoms with Crippen molar-refractivity contribution in [2.75, 3.05) is 27.2 Å². The van der Waals surface area contributed by atoms with Crippen LogP contribution in [0.2, 0.25) is 5.02 Å². The zero-order valence-corrected chi connectivity index (χ0v) is 11.9. The molecule has 0 saturated carbocycles. The predicted molar refractivity (Wildman–Crippen MR) is 73.4 cm³/mol. The number of hydrogen-bond acceptors (Lipinski definition) is 4. The number of carbonyl (C=O) groups excluding carboxylic acids is 3. The maximum Gasteiger partial charge on any atom is 0.338 e. The fourth-order valence-electron chi connectivity index (χ4n) is 1.29. The Balaban J connectivity index is 2.46. The Bertz CT molecular complexity index is 502. The highest BCUT2D eigenvalue weighted by atomic mass is 35.5. The number of amides is 2. The molecule has 0 aliphatic heterocycles. The average molecular weight is 299 g/mol. The second kappa shape index (κ2) is 7.49. The summed E-state index contributed by atoms with van der Waals surface area (Å²) < 4.78 is 4.86. The summed E-state index contributed by atoms with van der Waals surface area (Å²) in [7, 11) is 2.93. The molecule has 0 aromatic heterocycles. The van der Waals surface area contributed by atoms with E-state index in [9.17, 15) is 14.4 Å². The van der Waals surface area contributed by atoms with Gasteiger partial charge in [0.2, 0.25) is 5.91 Å². The Morgan fingerprint density at radius 2 is 1.85 bits per heavy atom. The van der Waals surface area contributed by atoms with Crippen molar-refractivity contribution in [1.29, 1.82) is 0 Å². The summed E-state index contributed by atoms with van der Waals surface area (Å²) in [6.07, 6.45) is 0. The number of carbonyl (C=O) groups is 3. The molecule has 0 spiro atoms. The summed E-state index contributed by atoms with van der Waals surface area (Å²) >= 11 is 5.70. The van der Waals surface area contributed by atoms with Crippen molar-refractivity contribution in [2.45, 2.75) is 0 Å². The minimum atomic E-state index is -0.622. The van der Waals surface area contributed by atoms with Crippen LogP contribution in [0.15, 0.2) is 24.3 Å². The van der Waals surface area contributed by atoms with Gasteiger partial charge in [0.25, 0.3) is 5.91 Å². The van der Waals surface area contributed by atoms with E-state index < -0.39 is 18.5 Å². The number of rotatable bonds is 5. The van der Waals surface area contributed by atoms with Crippen LogP contribution in [0.1, 0.15) is 10.4 Å². The van der Waals surface area contributed by atoms with Crippen molar-refractivity contribution in [1.82, 2.24) is 10.2 Å². The molecule has 1 aromatic carbocycles. The summed E-state index contributed by atoms with van der Waals surface area (Å²) in [5, 5.41) is 2.90. The smallest absolute Gasteiger partial charge is 0.338 e. The topological polar surface area (TPSA) is 75.7 Å². The Labute approximate surface area is 121 Å². The normalized spacial score (nSPS) is 9.75. The van der Waals surface area contributed by atoms with Gasteiger partial charge in [0.15, 0.2) is 6.61 Å². The van der Waals surface area contributed by atoms with Crippen molar-refractivity contribution in [3.8, 4) is 0 Å². The maximum atomic E-state index is 11.6. The Kier molecular flexibility index (Phi) is 5.99. The molecule has 108 valence electrons. The number of esters is 1. The molecule has 0 atom stereocenters. The van der Waals surface area contributed by atoms with E-state index >= 15 is 0 Å². The van der Waals surface area contributed by atoms with Crippen LogP contribution in [0.5, 0.6) is 0 Å². The summed E-state index contributed by atoms with van der Waals surface area (Å²) in [5.74, 6) is -1.39. The highest BCUT2D eigenvalue weighted by molar-refractivity contribution is 6.30. The van der Waals surface area contributed by atoms with Crippen molar-refractivity contribution in [3.05, 3.63) is 34.9 Å². The van der Waals surface area contributed by atoms with Gasteiger partial charge in [0, 0.05) is 19.1 Å². The largest absolute Gasteiger partial charge is 0.452 e. The minimum Gasteiger partial charge on any atom is -0.452 e. The molecule has 0 aliphatic carbocycles. The number of ether oxygens (including phenoxy) is 1. The quantitative estimate of drug-likeness (QED) is 0.812. The number of hydrogen-bond donors (Lipinski definition) is 1. The molecule has 0 unspecified atom stereocenters. The zero-order valence-electron chi connectivity index (χ0n) is 11.2. The molecule has 6 nitrogen and oxygen atoms in total. The number of nitrogens with one attached hydrogen (secondary N) is 1. The minimum absolute atomic E-state index is 0.0895. The van der Waals surface area contributed by atoms with Crippen molar-refractivity contribution in [2.24, 2.45) is 0 Å². The van der Waals surface area contributed by atoms with Gasteiger partial charge in [-0.05, 0) is 24.3 Å². The van der Waals surface area contributed by atoms with Gasteiger partial charge in [-0.15, -0.1) is 0 Å². The third-order valence-electron chi connectivity index (χ3n) is 2.49.